The molecule has 5 heteroatoms. The van der Waals surface area contributed by atoms with Gasteiger partial charge in [0.25, 0.3) is 0 Å². The van der Waals surface area contributed by atoms with Crippen LogP contribution in [0.4, 0.5) is 0 Å². The third kappa shape index (κ3) is 5.16. The number of carbonyl (C=O) groups is 1. The minimum atomic E-state index is -0.381. The zero-order valence-electron chi connectivity index (χ0n) is 12.8. The largest absolute Gasteiger partial charge is 0.446 e. The maximum atomic E-state index is 11.4. The molecule has 1 atom stereocenters. The molecule has 1 amide bonds. The van der Waals surface area contributed by atoms with Crippen LogP contribution in [0.25, 0.3) is 0 Å². The molecule has 0 bridgehead atoms. The van der Waals surface area contributed by atoms with Gasteiger partial charge in [-0.1, -0.05) is 44.9 Å². The van der Waals surface area contributed by atoms with Crippen molar-refractivity contribution in [2.75, 3.05) is 0 Å². The molecule has 1 saturated carbocycles. The number of aryl methyl sites for hydroxylation is 1. The van der Waals surface area contributed by atoms with Crippen molar-refractivity contribution in [3.05, 3.63) is 17.8 Å². The molecule has 1 heterocycles. The van der Waals surface area contributed by atoms with E-state index in [2.05, 4.69) is 4.98 Å². The average molecular weight is 294 g/mol. The summed E-state index contributed by atoms with van der Waals surface area (Å²) in [7, 11) is 0. The van der Waals surface area contributed by atoms with E-state index in [1.807, 2.05) is 6.92 Å². The van der Waals surface area contributed by atoms with E-state index in [1.54, 1.807) is 11.7 Å². The topological polar surface area (TPSA) is 75.4 Å². The monoisotopic (exact) mass is 294 g/mol. The highest BCUT2D eigenvalue weighted by Crippen LogP contribution is 2.31. The van der Waals surface area contributed by atoms with Crippen molar-refractivity contribution in [2.24, 2.45) is 5.92 Å². The first-order valence-corrected chi connectivity index (χ1v) is 8.04. The van der Waals surface area contributed by atoms with Gasteiger partial charge in [0.05, 0.1) is 6.20 Å². The number of nitrogens with one attached hydrogen (secondary N) is 1. The number of hydrogen-bond donors (Lipinski definition) is 2. The van der Waals surface area contributed by atoms with Gasteiger partial charge in [-0.25, -0.2) is 10.5 Å². The minimum absolute atomic E-state index is 0.0468. The van der Waals surface area contributed by atoms with E-state index in [-0.39, 0.29) is 18.2 Å². The van der Waals surface area contributed by atoms with Crippen LogP contribution in [0.15, 0.2) is 10.6 Å². The van der Waals surface area contributed by atoms with Gasteiger partial charge in [0, 0.05) is 12.3 Å². The summed E-state index contributed by atoms with van der Waals surface area (Å²) in [5, 5.41) is 8.71. The third-order valence-electron chi connectivity index (χ3n) is 4.43. The van der Waals surface area contributed by atoms with Gasteiger partial charge in [0.2, 0.25) is 5.91 Å². The van der Waals surface area contributed by atoms with Gasteiger partial charge in [0.1, 0.15) is 5.76 Å². The number of hydroxylamine groups is 1. The van der Waals surface area contributed by atoms with Crippen molar-refractivity contribution in [3.8, 4) is 0 Å². The molecule has 0 unspecified atom stereocenters. The van der Waals surface area contributed by atoms with Crippen LogP contribution >= 0.6 is 0 Å². The molecule has 0 spiro atoms. The first kappa shape index (κ1) is 16.0. The second kappa shape index (κ2) is 8.17. The predicted molar refractivity (Wildman–Crippen MR) is 79.0 cm³/mol. The first-order chi connectivity index (χ1) is 10.2. The molecule has 1 aromatic heterocycles. The predicted octanol–water partition coefficient (Wildman–Crippen LogP) is 3.71. The summed E-state index contributed by atoms with van der Waals surface area (Å²) < 4.78 is 5.56. The van der Waals surface area contributed by atoms with E-state index in [0.717, 1.165) is 24.5 Å². The molecule has 0 aromatic carbocycles. The third-order valence-corrected chi connectivity index (χ3v) is 4.43. The Morgan fingerprint density at radius 1 is 1.48 bits per heavy atom. The van der Waals surface area contributed by atoms with Crippen LogP contribution in [0.1, 0.15) is 75.4 Å². The Morgan fingerprint density at radius 3 is 2.86 bits per heavy atom. The molecule has 2 N–H and O–H groups in total. The highest BCUT2D eigenvalue weighted by molar-refractivity contribution is 5.75. The number of aromatic nitrogens is 1. The molecule has 21 heavy (non-hydrogen) atoms. The van der Waals surface area contributed by atoms with Crippen molar-refractivity contribution in [1.29, 1.82) is 0 Å². The van der Waals surface area contributed by atoms with Crippen LogP contribution in [0.5, 0.6) is 0 Å². The molecule has 2 rings (SSSR count). The lowest BCUT2D eigenvalue weighted by molar-refractivity contribution is -0.129. The molecule has 5 nitrogen and oxygen atoms in total. The van der Waals surface area contributed by atoms with E-state index in [0.29, 0.717) is 5.89 Å². The normalized spacial score (nSPS) is 17.6. The summed E-state index contributed by atoms with van der Waals surface area (Å²) in [6.07, 6.45) is 11.9. The van der Waals surface area contributed by atoms with Crippen molar-refractivity contribution >= 4 is 5.91 Å². The van der Waals surface area contributed by atoms with Crippen LogP contribution in [0, 0.1) is 12.8 Å². The summed E-state index contributed by atoms with van der Waals surface area (Å²) in [4.78, 5) is 15.7. The smallest absolute Gasteiger partial charge is 0.244 e. The van der Waals surface area contributed by atoms with Crippen LogP contribution in [0.3, 0.4) is 0 Å². The molecule has 118 valence electrons. The summed E-state index contributed by atoms with van der Waals surface area (Å²) in [6, 6.07) is 0. The highest BCUT2D eigenvalue weighted by atomic mass is 16.5. The number of rotatable bonds is 7. The minimum Gasteiger partial charge on any atom is -0.446 e. The van der Waals surface area contributed by atoms with Gasteiger partial charge in [-0.3, -0.25) is 10.0 Å². The van der Waals surface area contributed by atoms with Gasteiger partial charge in [-0.2, -0.15) is 0 Å². The Morgan fingerprint density at radius 2 is 2.24 bits per heavy atom. The van der Waals surface area contributed by atoms with E-state index < -0.39 is 0 Å². The lowest BCUT2D eigenvalue weighted by Crippen LogP contribution is -2.21. The Labute approximate surface area is 126 Å². The molecular formula is C16H26N2O3. The van der Waals surface area contributed by atoms with Crippen LogP contribution in [-0.4, -0.2) is 16.1 Å². The maximum absolute atomic E-state index is 11.4. The summed E-state index contributed by atoms with van der Waals surface area (Å²) in [5.74, 6) is 1.78. The van der Waals surface area contributed by atoms with Gasteiger partial charge in [-0.05, 0) is 19.3 Å². The molecule has 1 fully saturated rings. The molecular weight excluding hydrogens is 268 g/mol. The fourth-order valence-corrected chi connectivity index (χ4v) is 3.27. The lowest BCUT2D eigenvalue weighted by Gasteiger charge is -2.22. The number of amides is 1. The van der Waals surface area contributed by atoms with E-state index in [4.69, 9.17) is 9.62 Å². The molecule has 1 aliphatic carbocycles. The second-order valence-electron chi connectivity index (χ2n) is 6.18. The number of carbonyl (C=O) groups excluding carboxylic acids is 1. The van der Waals surface area contributed by atoms with Gasteiger partial charge in [-0.15, -0.1) is 0 Å². The van der Waals surface area contributed by atoms with Gasteiger partial charge in [0.15, 0.2) is 5.89 Å². The molecule has 0 aliphatic heterocycles. The summed E-state index contributed by atoms with van der Waals surface area (Å²) in [5.41, 5.74) is 1.70. The van der Waals surface area contributed by atoms with Gasteiger partial charge < -0.3 is 4.42 Å². The average Bonchev–Trinajstić information content (AvgIpc) is 2.93. The number of nitrogens with zero attached hydrogens (tertiary/aromatic N) is 1. The van der Waals surface area contributed by atoms with E-state index in [1.165, 1.54) is 38.5 Å². The van der Waals surface area contributed by atoms with Crippen LogP contribution < -0.4 is 5.48 Å². The number of hydrogen-bond acceptors (Lipinski definition) is 4. The first-order valence-electron chi connectivity index (χ1n) is 8.04. The van der Waals surface area contributed by atoms with Crippen molar-refractivity contribution < 1.29 is 14.4 Å². The van der Waals surface area contributed by atoms with Crippen LogP contribution in [-0.2, 0) is 4.79 Å². The molecule has 0 saturated heterocycles. The van der Waals surface area contributed by atoms with E-state index in [9.17, 15) is 4.79 Å². The van der Waals surface area contributed by atoms with Gasteiger partial charge >= 0.3 is 0 Å². The fourth-order valence-electron chi connectivity index (χ4n) is 3.27. The zero-order chi connectivity index (χ0) is 15.1. The maximum Gasteiger partial charge on any atom is 0.244 e. The van der Waals surface area contributed by atoms with Crippen molar-refractivity contribution in [2.45, 2.75) is 70.6 Å². The molecule has 1 aliphatic rings. The second-order valence-corrected chi connectivity index (χ2v) is 6.18. The molecule has 1 aromatic rings. The summed E-state index contributed by atoms with van der Waals surface area (Å²) >= 11 is 0. The Balaban J connectivity index is 1.84. The SMILES string of the molecule is Cc1cnc([C@H](CCCC2CCCCC2)CC(=O)NO)o1. The highest BCUT2D eigenvalue weighted by Gasteiger charge is 2.21. The zero-order valence-corrected chi connectivity index (χ0v) is 12.8. The van der Waals surface area contributed by atoms with E-state index >= 15 is 0 Å². The standard InChI is InChI=1S/C16H26N2O3/c1-12-11-17-16(21-12)14(10-15(19)18-20)9-5-8-13-6-3-2-4-7-13/h11,13-14,20H,2-10H2,1H3,(H,18,19)/t14-/m1/s1. The lowest BCUT2D eigenvalue weighted by atomic mass is 9.84. The quantitative estimate of drug-likeness (QED) is 0.593. The van der Waals surface area contributed by atoms with Crippen molar-refractivity contribution in [3.63, 3.8) is 0 Å². The van der Waals surface area contributed by atoms with Crippen molar-refractivity contribution in [1.82, 2.24) is 10.5 Å². The molecule has 0 radical (unpaired) electrons. The summed E-state index contributed by atoms with van der Waals surface area (Å²) in [6.45, 7) is 1.85. The Hall–Kier alpha value is -1.36. The van der Waals surface area contributed by atoms with Crippen LogP contribution in [0.2, 0.25) is 0 Å². The Bertz CT molecular complexity index is 438. The fraction of sp³-hybridized carbons (Fsp3) is 0.750. The Kier molecular flexibility index (Phi) is 6.23. The number of oxazole rings is 1.